The fourth-order valence-corrected chi connectivity index (χ4v) is 2.89. The van der Waals surface area contributed by atoms with Crippen LogP contribution in [0.2, 0.25) is 0 Å². The van der Waals surface area contributed by atoms with Gasteiger partial charge in [0.05, 0.1) is 17.1 Å². The van der Waals surface area contributed by atoms with Crippen molar-refractivity contribution in [2.45, 2.75) is 26.1 Å². The van der Waals surface area contributed by atoms with Gasteiger partial charge in [0.2, 0.25) is 0 Å². The Labute approximate surface area is 154 Å². The van der Waals surface area contributed by atoms with Crippen LogP contribution in [0, 0.1) is 6.92 Å². The van der Waals surface area contributed by atoms with Gasteiger partial charge in [0.25, 0.3) is 0 Å². The van der Waals surface area contributed by atoms with Crippen molar-refractivity contribution in [3.63, 3.8) is 0 Å². The molecule has 0 unspecified atom stereocenters. The van der Waals surface area contributed by atoms with Crippen LogP contribution in [-0.2, 0) is 6.18 Å². The highest BCUT2D eigenvalue weighted by atomic mass is 19.4. The largest absolute Gasteiger partial charge is 0.416 e. The van der Waals surface area contributed by atoms with E-state index in [4.69, 9.17) is 5.73 Å². The average molecular weight is 375 g/mol. The van der Waals surface area contributed by atoms with Crippen LogP contribution in [0.1, 0.15) is 29.9 Å². The zero-order chi connectivity index (χ0) is 19.8. The van der Waals surface area contributed by atoms with E-state index in [1.165, 1.54) is 6.07 Å². The molecule has 142 valence electrons. The highest BCUT2D eigenvalue weighted by molar-refractivity contribution is 5.91. The first-order chi connectivity index (χ1) is 12.7. The van der Waals surface area contributed by atoms with E-state index in [9.17, 15) is 13.2 Å². The van der Waals surface area contributed by atoms with Crippen molar-refractivity contribution in [3.8, 4) is 0 Å². The van der Waals surface area contributed by atoms with Crippen molar-refractivity contribution >= 4 is 28.1 Å². The molecule has 4 N–H and O–H groups in total. The Morgan fingerprint density at radius 3 is 2.48 bits per heavy atom. The number of nitrogens with one attached hydrogen (secondary N) is 2. The molecule has 0 fully saturated rings. The van der Waals surface area contributed by atoms with Crippen LogP contribution in [0.3, 0.4) is 0 Å². The van der Waals surface area contributed by atoms with Gasteiger partial charge in [-0.1, -0.05) is 0 Å². The topological polar surface area (TPSA) is 75.9 Å². The zero-order valence-corrected chi connectivity index (χ0v) is 15.1. The first-order valence-electron chi connectivity index (χ1n) is 8.37. The Kier molecular flexibility index (Phi) is 4.82. The van der Waals surface area contributed by atoms with Crippen molar-refractivity contribution in [2.24, 2.45) is 0 Å². The van der Waals surface area contributed by atoms with Crippen LogP contribution in [0.5, 0.6) is 0 Å². The molecule has 0 aliphatic rings. The summed E-state index contributed by atoms with van der Waals surface area (Å²) in [5.74, 6) is 1.12. The van der Waals surface area contributed by atoms with Gasteiger partial charge in [0, 0.05) is 23.8 Å². The molecular weight excluding hydrogens is 355 g/mol. The summed E-state index contributed by atoms with van der Waals surface area (Å²) in [4.78, 5) is 8.84. The molecule has 0 saturated heterocycles. The normalized spacial score (nSPS) is 12.8. The van der Waals surface area contributed by atoms with Crippen LogP contribution in [0.4, 0.5) is 30.4 Å². The lowest BCUT2D eigenvalue weighted by Crippen LogP contribution is -2.12. The molecule has 8 heteroatoms. The number of fused-ring (bicyclic) bond motifs is 1. The van der Waals surface area contributed by atoms with E-state index in [2.05, 4.69) is 20.6 Å². The van der Waals surface area contributed by atoms with Gasteiger partial charge in [-0.05, 0) is 55.8 Å². The van der Waals surface area contributed by atoms with Crippen molar-refractivity contribution in [2.75, 3.05) is 23.4 Å². The van der Waals surface area contributed by atoms with Crippen LogP contribution < -0.4 is 16.4 Å². The summed E-state index contributed by atoms with van der Waals surface area (Å²) in [6.45, 7) is 3.53. The van der Waals surface area contributed by atoms with Gasteiger partial charge >= 0.3 is 6.18 Å². The summed E-state index contributed by atoms with van der Waals surface area (Å²) in [6.07, 6.45) is -4.45. The number of halogens is 3. The number of rotatable bonds is 4. The summed E-state index contributed by atoms with van der Waals surface area (Å²) >= 11 is 0. The molecule has 0 saturated carbocycles. The first-order valence-corrected chi connectivity index (χ1v) is 8.37. The van der Waals surface area contributed by atoms with Crippen LogP contribution in [0.15, 0.2) is 36.4 Å². The van der Waals surface area contributed by atoms with Gasteiger partial charge in [-0.2, -0.15) is 13.2 Å². The molecule has 3 rings (SSSR count). The first kappa shape index (κ1) is 18.8. The third-order valence-electron chi connectivity index (χ3n) is 4.25. The number of nitrogens with zero attached hydrogens (tertiary/aromatic N) is 2. The van der Waals surface area contributed by atoms with E-state index >= 15 is 0 Å². The lowest BCUT2D eigenvalue weighted by atomic mass is 10.0. The summed E-state index contributed by atoms with van der Waals surface area (Å²) in [5.41, 5.74) is 7.03. The monoisotopic (exact) mass is 375 g/mol. The molecule has 2 aromatic carbocycles. The minimum absolute atomic E-state index is 0.0645. The third-order valence-corrected chi connectivity index (χ3v) is 4.25. The molecule has 0 amide bonds. The Bertz CT molecular complexity index is 985. The number of hydrogen-bond acceptors (Lipinski definition) is 5. The van der Waals surface area contributed by atoms with Gasteiger partial charge in [-0.25, -0.2) is 9.97 Å². The van der Waals surface area contributed by atoms with Gasteiger partial charge in [0.1, 0.15) is 11.6 Å². The van der Waals surface area contributed by atoms with E-state index in [1.807, 2.05) is 18.2 Å². The molecule has 3 aromatic rings. The second-order valence-corrected chi connectivity index (χ2v) is 6.35. The van der Waals surface area contributed by atoms with Gasteiger partial charge < -0.3 is 16.4 Å². The smallest absolute Gasteiger partial charge is 0.399 e. The van der Waals surface area contributed by atoms with E-state index < -0.39 is 17.8 Å². The van der Waals surface area contributed by atoms with Gasteiger partial charge in [-0.15, -0.1) is 0 Å². The fraction of sp³-hybridized carbons (Fsp3) is 0.263. The minimum Gasteiger partial charge on any atom is -0.399 e. The number of hydrogen-bond donors (Lipinski definition) is 3. The van der Waals surface area contributed by atoms with E-state index in [0.717, 1.165) is 28.7 Å². The summed E-state index contributed by atoms with van der Waals surface area (Å²) in [6, 6.07) is 8.78. The van der Waals surface area contributed by atoms with E-state index in [1.54, 1.807) is 20.9 Å². The molecule has 0 spiro atoms. The molecule has 0 aliphatic carbocycles. The Morgan fingerprint density at radius 2 is 1.81 bits per heavy atom. The SMILES string of the molecule is CNc1ccc2nc(C)nc(N[C@H](C)c3cc(N)cc(C(F)(F)F)c3)c2c1. The molecule has 1 atom stereocenters. The average Bonchev–Trinajstić information content (AvgIpc) is 2.60. The zero-order valence-electron chi connectivity index (χ0n) is 15.1. The maximum absolute atomic E-state index is 13.1. The van der Waals surface area contributed by atoms with E-state index in [-0.39, 0.29) is 5.69 Å². The Hall–Kier alpha value is -3.03. The molecule has 0 radical (unpaired) electrons. The number of benzene rings is 2. The number of alkyl halides is 3. The number of nitrogens with two attached hydrogens (primary N) is 1. The molecule has 1 aromatic heterocycles. The van der Waals surface area contributed by atoms with Crippen molar-refractivity contribution in [1.29, 1.82) is 0 Å². The maximum atomic E-state index is 13.1. The second kappa shape index (κ2) is 6.94. The molecule has 5 nitrogen and oxygen atoms in total. The Balaban J connectivity index is 2.01. The summed E-state index contributed by atoms with van der Waals surface area (Å²) < 4.78 is 39.2. The summed E-state index contributed by atoms with van der Waals surface area (Å²) in [5, 5.41) is 7.03. The molecule has 0 bridgehead atoms. The van der Waals surface area contributed by atoms with Crippen LogP contribution >= 0.6 is 0 Å². The summed E-state index contributed by atoms with van der Waals surface area (Å²) in [7, 11) is 1.80. The molecule has 0 aliphatic heterocycles. The molecule has 27 heavy (non-hydrogen) atoms. The molecule has 1 heterocycles. The number of aryl methyl sites for hydroxylation is 1. The second-order valence-electron chi connectivity index (χ2n) is 6.35. The number of aromatic nitrogens is 2. The predicted octanol–water partition coefficient (Wildman–Crippen LogP) is 4.75. The maximum Gasteiger partial charge on any atom is 0.416 e. The Morgan fingerprint density at radius 1 is 1.07 bits per heavy atom. The van der Waals surface area contributed by atoms with Crippen LogP contribution in [0.25, 0.3) is 10.9 Å². The van der Waals surface area contributed by atoms with Gasteiger partial charge in [0.15, 0.2) is 0 Å². The third kappa shape index (κ3) is 4.05. The predicted molar refractivity (Wildman–Crippen MR) is 102 cm³/mol. The lowest BCUT2D eigenvalue weighted by molar-refractivity contribution is -0.137. The number of nitrogen functional groups attached to an aromatic ring is 1. The quantitative estimate of drug-likeness (QED) is 0.574. The number of anilines is 3. The van der Waals surface area contributed by atoms with Gasteiger partial charge in [-0.3, -0.25) is 0 Å². The standard InChI is InChI=1S/C19H20F3N5/c1-10(12-6-13(19(20,21)22)8-14(23)7-12)25-18-16-9-15(24-3)4-5-17(16)26-11(2)27-18/h4-10,24H,23H2,1-3H3,(H,25,26,27)/t10-/m1/s1. The van der Waals surface area contributed by atoms with Crippen molar-refractivity contribution in [1.82, 2.24) is 9.97 Å². The van der Waals surface area contributed by atoms with Crippen molar-refractivity contribution in [3.05, 3.63) is 53.3 Å². The van der Waals surface area contributed by atoms with Crippen molar-refractivity contribution < 1.29 is 13.2 Å². The lowest BCUT2D eigenvalue weighted by Gasteiger charge is -2.19. The highest BCUT2D eigenvalue weighted by Crippen LogP contribution is 2.34. The van der Waals surface area contributed by atoms with E-state index in [0.29, 0.717) is 17.2 Å². The highest BCUT2D eigenvalue weighted by Gasteiger charge is 2.31. The fourth-order valence-electron chi connectivity index (χ4n) is 2.89. The van der Waals surface area contributed by atoms with Crippen LogP contribution in [-0.4, -0.2) is 17.0 Å². The molecular formula is C19H20F3N5. The minimum atomic E-state index is -4.45.